The molecule has 104 valence electrons. The van der Waals surface area contributed by atoms with Crippen LogP contribution in [-0.2, 0) is 4.74 Å². The van der Waals surface area contributed by atoms with E-state index in [0.717, 1.165) is 17.1 Å². The summed E-state index contributed by atoms with van der Waals surface area (Å²) in [5.41, 5.74) is 1.21. The van der Waals surface area contributed by atoms with Crippen LogP contribution in [0.5, 0.6) is 5.75 Å². The molecular formula is C14H20N2O3. The molecule has 1 aromatic carbocycles. The van der Waals surface area contributed by atoms with Gasteiger partial charge < -0.3 is 14.8 Å². The molecule has 1 aromatic rings. The van der Waals surface area contributed by atoms with Gasteiger partial charge in [-0.1, -0.05) is 0 Å². The lowest BCUT2D eigenvalue weighted by Gasteiger charge is -2.32. The predicted molar refractivity (Wildman–Crippen MR) is 75.1 cm³/mol. The molecule has 1 aliphatic rings. The summed E-state index contributed by atoms with van der Waals surface area (Å²) in [4.78, 5) is 13.8. The van der Waals surface area contributed by atoms with Crippen LogP contribution in [0.1, 0.15) is 20.8 Å². The van der Waals surface area contributed by atoms with Crippen molar-refractivity contribution in [2.24, 2.45) is 0 Å². The summed E-state index contributed by atoms with van der Waals surface area (Å²) in [6.07, 6.45) is -0.330. The molecule has 1 aliphatic heterocycles. The number of rotatable bonds is 1. The maximum Gasteiger partial charge on any atom is 0.414 e. The van der Waals surface area contributed by atoms with Gasteiger partial charge in [0.05, 0.1) is 18.5 Å². The number of hydrogen-bond acceptors (Lipinski definition) is 4. The van der Waals surface area contributed by atoms with Gasteiger partial charge in [-0.05, 0) is 32.9 Å². The smallest absolute Gasteiger partial charge is 0.414 e. The van der Waals surface area contributed by atoms with Crippen LogP contribution in [0.3, 0.4) is 0 Å². The van der Waals surface area contributed by atoms with Gasteiger partial charge in [-0.3, -0.25) is 4.90 Å². The number of hydrogen-bond donors (Lipinski definition) is 1. The lowest BCUT2D eigenvalue weighted by atomic mass is 10.2. The van der Waals surface area contributed by atoms with E-state index in [1.54, 1.807) is 12.0 Å². The third kappa shape index (κ3) is 3.10. The molecule has 19 heavy (non-hydrogen) atoms. The van der Waals surface area contributed by atoms with Crippen LogP contribution in [0.15, 0.2) is 18.2 Å². The highest BCUT2D eigenvalue weighted by Gasteiger charge is 2.27. The van der Waals surface area contributed by atoms with Crippen molar-refractivity contribution in [3.8, 4) is 5.75 Å². The Balaban J connectivity index is 2.28. The number of fused-ring (bicyclic) bond motifs is 1. The van der Waals surface area contributed by atoms with Crippen LogP contribution in [-0.4, -0.2) is 31.9 Å². The Morgan fingerprint density at radius 2 is 2.11 bits per heavy atom. The van der Waals surface area contributed by atoms with Crippen molar-refractivity contribution in [1.82, 2.24) is 0 Å². The molecule has 5 heteroatoms. The number of benzene rings is 1. The zero-order valence-electron chi connectivity index (χ0n) is 11.8. The van der Waals surface area contributed by atoms with E-state index in [4.69, 9.17) is 9.47 Å². The van der Waals surface area contributed by atoms with Gasteiger partial charge in [0.25, 0.3) is 0 Å². The lowest BCUT2D eigenvalue weighted by Crippen LogP contribution is -2.42. The molecule has 1 heterocycles. The Morgan fingerprint density at radius 3 is 2.74 bits per heavy atom. The molecule has 0 unspecified atom stereocenters. The van der Waals surface area contributed by atoms with Crippen molar-refractivity contribution in [3.05, 3.63) is 18.2 Å². The molecule has 0 saturated carbocycles. The molecule has 0 atom stereocenters. The average Bonchev–Trinajstić information content (AvgIpc) is 2.35. The zero-order chi connectivity index (χ0) is 14.0. The predicted octanol–water partition coefficient (Wildman–Crippen LogP) is 2.86. The Bertz CT molecular complexity index is 480. The summed E-state index contributed by atoms with van der Waals surface area (Å²) in [5, 5.41) is 3.26. The quantitative estimate of drug-likeness (QED) is 0.847. The van der Waals surface area contributed by atoms with Crippen molar-refractivity contribution in [2.45, 2.75) is 26.4 Å². The maximum atomic E-state index is 12.2. The monoisotopic (exact) mass is 264 g/mol. The van der Waals surface area contributed by atoms with Gasteiger partial charge in [-0.15, -0.1) is 0 Å². The molecule has 0 spiro atoms. The maximum absolute atomic E-state index is 12.2. The number of carbonyl (C=O) groups excluding carboxylic acids is 1. The summed E-state index contributed by atoms with van der Waals surface area (Å²) >= 11 is 0. The Kier molecular flexibility index (Phi) is 3.55. The molecule has 0 radical (unpaired) electrons. The summed E-state index contributed by atoms with van der Waals surface area (Å²) < 4.78 is 10.6. The van der Waals surface area contributed by atoms with E-state index in [-0.39, 0.29) is 6.09 Å². The summed E-state index contributed by atoms with van der Waals surface area (Å²) in [6, 6.07) is 5.61. The Morgan fingerprint density at radius 1 is 1.37 bits per heavy atom. The van der Waals surface area contributed by atoms with Crippen LogP contribution in [0.4, 0.5) is 16.2 Å². The third-order valence-corrected chi connectivity index (χ3v) is 2.76. The Hall–Kier alpha value is -1.91. The third-order valence-electron chi connectivity index (χ3n) is 2.76. The van der Waals surface area contributed by atoms with E-state index < -0.39 is 5.60 Å². The number of ether oxygens (including phenoxy) is 2. The van der Waals surface area contributed by atoms with E-state index in [9.17, 15) is 4.79 Å². The highest BCUT2D eigenvalue weighted by atomic mass is 16.6. The van der Waals surface area contributed by atoms with Crippen molar-refractivity contribution in [2.75, 3.05) is 30.4 Å². The van der Waals surface area contributed by atoms with E-state index >= 15 is 0 Å². The zero-order valence-corrected chi connectivity index (χ0v) is 11.8. The molecule has 0 aliphatic carbocycles. The van der Waals surface area contributed by atoms with Crippen molar-refractivity contribution in [1.29, 1.82) is 0 Å². The van der Waals surface area contributed by atoms with E-state index in [1.165, 1.54) is 0 Å². The molecular weight excluding hydrogens is 244 g/mol. The number of methoxy groups -OCH3 is 1. The fourth-order valence-corrected chi connectivity index (χ4v) is 1.94. The molecule has 5 nitrogen and oxygen atoms in total. The van der Waals surface area contributed by atoms with Crippen LogP contribution < -0.4 is 15.0 Å². The number of amides is 1. The number of anilines is 2. The summed E-state index contributed by atoms with van der Waals surface area (Å²) in [7, 11) is 1.61. The van der Waals surface area contributed by atoms with Crippen LogP contribution in [0, 0.1) is 0 Å². The van der Waals surface area contributed by atoms with E-state index in [1.807, 2.05) is 39.0 Å². The summed E-state index contributed by atoms with van der Waals surface area (Å²) in [5.74, 6) is 0.719. The van der Waals surface area contributed by atoms with Gasteiger partial charge in [-0.25, -0.2) is 4.79 Å². The molecule has 0 bridgehead atoms. The van der Waals surface area contributed by atoms with Crippen molar-refractivity contribution >= 4 is 17.5 Å². The van der Waals surface area contributed by atoms with Crippen molar-refractivity contribution < 1.29 is 14.3 Å². The first-order valence-electron chi connectivity index (χ1n) is 6.33. The molecule has 2 rings (SSSR count). The minimum absolute atomic E-state index is 0.330. The highest BCUT2D eigenvalue weighted by molar-refractivity contribution is 5.94. The van der Waals surface area contributed by atoms with Gasteiger partial charge >= 0.3 is 6.09 Å². The number of nitrogens with one attached hydrogen (secondary N) is 1. The van der Waals surface area contributed by atoms with Gasteiger partial charge in [0.15, 0.2) is 0 Å². The normalized spacial score (nSPS) is 14.4. The molecule has 0 saturated heterocycles. The Labute approximate surface area is 113 Å². The van der Waals surface area contributed by atoms with E-state index in [2.05, 4.69) is 5.32 Å². The van der Waals surface area contributed by atoms with Crippen LogP contribution in [0.25, 0.3) is 0 Å². The second-order valence-electron chi connectivity index (χ2n) is 5.44. The largest absolute Gasteiger partial charge is 0.497 e. The first-order valence-corrected chi connectivity index (χ1v) is 6.33. The number of carbonyl (C=O) groups is 1. The van der Waals surface area contributed by atoms with Gasteiger partial charge in [-0.2, -0.15) is 0 Å². The first kappa shape index (κ1) is 13.5. The fraction of sp³-hybridized carbons (Fsp3) is 0.500. The minimum Gasteiger partial charge on any atom is -0.497 e. The lowest BCUT2D eigenvalue weighted by molar-refractivity contribution is 0.0581. The van der Waals surface area contributed by atoms with Gasteiger partial charge in [0.2, 0.25) is 0 Å². The SMILES string of the molecule is COc1ccc2c(c1)N(C(=O)OC(C)(C)C)CCN2. The van der Waals surface area contributed by atoms with Crippen molar-refractivity contribution in [3.63, 3.8) is 0 Å². The second-order valence-corrected chi connectivity index (χ2v) is 5.44. The minimum atomic E-state index is -0.499. The number of nitrogens with zero attached hydrogens (tertiary/aromatic N) is 1. The van der Waals surface area contributed by atoms with E-state index in [0.29, 0.717) is 13.1 Å². The first-order chi connectivity index (χ1) is 8.90. The molecule has 0 aromatic heterocycles. The standard InChI is InChI=1S/C14H20N2O3/c1-14(2,3)19-13(17)16-8-7-15-11-6-5-10(18-4)9-12(11)16/h5-6,9,15H,7-8H2,1-4H3. The van der Waals surface area contributed by atoms with Crippen LogP contribution >= 0.6 is 0 Å². The second kappa shape index (κ2) is 4.99. The fourth-order valence-electron chi connectivity index (χ4n) is 1.94. The highest BCUT2D eigenvalue weighted by Crippen LogP contribution is 2.33. The van der Waals surface area contributed by atoms with Gasteiger partial charge in [0.1, 0.15) is 11.4 Å². The topological polar surface area (TPSA) is 50.8 Å². The molecule has 1 N–H and O–H groups in total. The molecule has 1 amide bonds. The average molecular weight is 264 g/mol. The molecule has 0 fully saturated rings. The van der Waals surface area contributed by atoms with Gasteiger partial charge in [0, 0.05) is 19.2 Å². The summed E-state index contributed by atoms with van der Waals surface area (Å²) in [6.45, 7) is 6.87. The van der Waals surface area contributed by atoms with Crippen LogP contribution in [0.2, 0.25) is 0 Å².